The molecule has 0 aliphatic heterocycles. The molecule has 20 heavy (non-hydrogen) atoms. The number of nitrogens with zero attached hydrogens (tertiary/aromatic N) is 1. The van der Waals surface area contributed by atoms with E-state index < -0.39 is 11.6 Å². The maximum absolute atomic E-state index is 11.9. The zero-order valence-electron chi connectivity index (χ0n) is 11.3. The number of oxazole rings is 1. The summed E-state index contributed by atoms with van der Waals surface area (Å²) in [5, 5.41) is 9.95. The van der Waals surface area contributed by atoms with Crippen LogP contribution in [0.1, 0.15) is 24.2 Å². The van der Waals surface area contributed by atoms with Gasteiger partial charge in [-0.2, -0.15) is 0 Å². The monoisotopic (exact) mass is 276 g/mol. The first-order valence-electron chi connectivity index (χ1n) is 6.08. The van der Waals surface area contributed by atoms with E-state index in [2.05, 4.69) is 4.98 Å². The maximum Gasteiger partial charge on any atom is 0.338 e. The Kier molecular flexibility index (Phi) is 3.76. The van der Waals surface area contributed by atoms with Crippen molar-refractivity contribution in [3.8, 4) is 17.0 Å². The lowest BCUT2D eigenvalue weighted by atomic mass is 10.1. The number of aromatic nitrogens is 1. The fourth-order valence-electron chi connectivity index (χ4n) is 1.57. The lowest BCUT2D eigenvalue weighted by Crippen LogP contribution is -2.36. The highest BCUT2D eigenvalue weighted by molar-refractivity contribution is 5.91. The number of hydrogen-bond donors (Lipinski definition) is 2. The molecule has 0 aliphatic rings. The number of phenols is 1. The van der Waals surface area contributed by atoms with Crippen LogP contribution in [-0.2, 0) is 4.74 Å². The Balaban J connectivity index is 2.23. The van der Waals surface area contributed by atoms with E-state index in [-0.39, 0.29) is 17.9 Å². The molecule has 6 heteroatoms. The van der Waals surface area contributed by atoms with Crippen molar-refractivity contribution in [1.82, 2.24) is 4.98 Å². The minimum Gasteiger partial charge on any atom is -0.507 e. The number of carbonyl (C=O) groups excluding carboxylic acids is 1. The SMILES string of the molecule is CC(C)(CN)OC(=O)c1ccc(-c2cocn2)c(O)c1. The Morgan fingerprint density at radius 1 is 1.50 bits per heavy atom. The first kappa shape index (κ1) is 14.1. The van der Waals surface area contributed by atoms with Crippen molar-refractivity contribution < 1.29 is 19.1 Å². The Morgan fingerprint density at radius 3 is 2.80 bits per heavy atom. The molecule has 1 aromatic heterocycles. The molecule has 0 spiro atoms. The molecule has 0 atom stereocenters. The fourth-order valence-corrected chi connectivity index (χ4v) is 1.57. The summed E-state index contributed by atoms with van der Waals surface area (Å²) >= 11 is 0. The van der Waals surface area contributed by atoms with E-state index >= 15 is 0 Å². The minimum absolute atomic E-state index is 0.0705. The average molecular weight is 276 g/mol. The highest BCUT2D eigenvalue weighted by atomic mass is 16.6. The Morgan fingerprint density at radius 2 is 2.25 bits per heavy atom. The van der Waals surface area contributed by atoms with E-state index in [0.29, 0.717) is 11.3 Å². The van der Waals surface area contributed by atoms with Crippen LogP contribution >= 0.6 is 0 Å². The molecular weight excluding hydrogens is 260 g/mol. The lowest BCUT2D eigenvalue weighted by molar-refractivity contribution is 0.00288. The lowest BCUT2D eigenvalue weighted by Gasteiger charge is -2.23. The third-order valence-electron chi connectivity index (χ3n) is 2.80. The average Bonchev–Trinajstić information content (AvgIpc) is 2.92. The fraction of sp³-hybridized carbons (Fsp3) is 0.286. The standard InChI is InChI=1S/C14H16N2O4/c1-14(2,7-15)20-13(18)9-3-4-10(12(17)5-9)11-6-19-8-16-11/h3-6,8,17H,7,15H2,1-2H3. The van der Waals surface area contributed by atoms with Gasteiger partial charge in [0.1, 0.15) is 23.3 Å². The molecule has 3 N–H and O–H groups in total. The molecule has 1 heterocycles. The molecule has 2 rings (SSSR count). The van der Waals surface area contributed by atoms with Crippen LogP contribution in [0.25, 0.3) is 11.3 Å². The molecule has 0 fully saturated rings. The van der Waals surface area contributed by atoms with Gasteiger partial charge in [-0.15, -0.1) is 0 Å². The molecule has 0 saturated heterocycles. The number of nitrogens with two attached hydrogens (primary N) is 1. The number of benzene rings is 1. The molecule has 0 saturated carbocycles. The van der Waals surface area contributed by atoms with Crippen molar-refractivity contribution in [2.75, 3.05) is 6.54 Å². The van der Waals surface area contributed by atoms with E-state index in [9.17, 15) is 9.90 Å². The molecule has 2 aromatic rings. The second-order valence-electron chi connectivity index (χ2n) is 4.96. The van der Waals surface area contributed by atoms with Crippen LogP contribution in [0.3, 0.4) is 0 Å². The van der Waals surface area contributed by atoms with Crippen LogP contribution in [0.4, 0.5) is 0 Å². The van der Waals surface area contributed by atoms with Gasteiger partial charge in [0, 0.05) is 12.1 Å². The highest BCUT2D eigenvalue weighted by Crippen LogP contribution is 2.29. The van der Waals surface area contributed by atoms with E-state index in [4.69, 9.17) is 14.9 Å². The van der Waals surface area contributed by atoms with Gasteiger partial charge in [0.25, 0.3) is 0 Å². The molecular formula is C14H16N2O4. The first-order valence-corrected chi connectivity index (χ1v) is 6.08. The van der Waals surface area contributed by atoms with Crippen molar-refractivity contribution in [2.45, 2.75) is 19.4 Å². The molecule has 0 unspecified atom stereocenters. The predicted molar refractivity (Wildman–Crippen MR) is 72.2 cm³/mol. The molecule has 1 aromatic carbocycles. The zero-order valence-corrected chi connectivity index (χ0v) is 11.3. The van der Waals surface area contributed by atoms with Crippen molar-refractivity contribution in [3.63, 3.8) is 0 Å². The van der Waals surface area contributed by atoms with Crippen LogP contribution in [0, 0.1) is 0 Å². The van der Waals surface area contributed by atoms with Crippen molar-refractivity contribution >= 4 is 5.97 Å². The number of ether oxygens (including phenoxy) is 1. The van der Waals surface area contributed by atoms with Gasteiger partial charge >= 0.3 is 5.97 Å². The van der Waals surface area contributed by atoms with Crippen LogP contribution in [-0.4, -0.2) is 28.2 Å². The summed E-state index contributed by atoms with van der Waals surface area (Å²) in [5.41, 5.74) is 5.97. The number of phenolic OH excluding ortho intramolecular Hbond substituents is 1. The van der Waals surface area contributed by atoms with E-state index in [1.54, 1.807) is 26.0 Å². The third-order valence-corrected chi connectivity index (χ3v) is 2.80. The van der Waals surface area contributed by atoms with Gasteiger partial charge in [-0.05, 0) is 32.0 Å². The summed E-state index contributed by atoms with van der Waals surface area (Å²) in [4.78, 5) is 15.9. The first-order chi connectivity index (χ1) is 9.43. The second kappa shape index (κ2) is 5.34. The van der Waals surface area contributed by atoms with Crippen molar-refractivity contribution in [1.29, 1.82) is 0 Å². The topological polar surface area (TPSA) is 98.6 Å². The van der Waals surface area contributed by atoms with E-state index in [1.165, 1.54) is 18.7 Å². The zero-order chi connectivity index (χ0) is 14.8. The highest BCUT2D eigenvalue weighted by Gasteiger charge is 2.22. The number of aromatic hydroxyl groups is 1. The summed E-state index contributed by atoms with van der Waals surface area (Å²) in [6.07, 6.45) is 2.67. The van der Waals surface area contributed by atoms with Gasteiger partial charge in [0.15, 0.2) is 6.39 Å². The summed E-state index contributed by atoms with van der Waals surface area (Å²) < 4.78 is 10.1. The second-order valence-corrected chi connectivity index (χ2v) is 4.96. The van der Waals surface area contributed by atoms with Crippen LogP contribution in [0.5, 0.6) is 5.75 Å². The molecule has 0 amide bonds. The smallest absolute Gasteiger partial charge is 0.338 e. The largest absolute Gasteiger partial charge is 0.507 e. The Hall–Kier alpha value is -2.34. The minimum atomic E-state index is -0.752. The third kappa shape index (κ3) is 2.97. The maximum atomic E-state index is 11.9. The van der Waals surface area contributed by atoms with Crippen LogP contribution < -0.4 is 5.73 Å². The van der Waals surface area contributed by atoms with Crippen LogP contribution in [0.15, 0.2) is 35.3 Å². The molecule has 6 nitrogen and oxygen atoms in total. The van der Waals surface area contributed by atoms with E-state index in [0.717, 1.165) is 0 Å². The van der Waals surface area contributed by atoms with Gasteiger partial charge in [-0.3, -0.25) is 0 Å². The normalized spacial score (nSPS) is 11.3. The van der Waals surface area contributed by atoms with Crippen molar-refractivity contribution in [2.24, 2.45) is 5.73 Å². The van der Waals surface area contributed by atoms with Gasteiger partial charge < -0.3 is 20.0 Å². The van der Waals surface area contributed by atoms with Gasteiger partial charge in [0.05, 0.1) is 5.56 Å². The number of hydrogen-bond acceptors (Lipinski definition) is 6. The van der Waals surface area contributed by atoms with E-state index in [1.807, 2.05) is 0 Å². The van der Waals surface area contributed by atoms with Crippen molar-refractivity contribution in [3.05, 3.63) is 36.4 Å². The van der Waals surface area contributed by atoms with Crippen LogP contribution in [0.2, 0.25) is 0 Å². The number of rotatable bonds is 4. The van der Waals surface area contributed by atoms with Gasteiger partial charge in [-0.1, -0.05) is 0 Å². The quantitative estimate of drug-likeness (QED) is 0.828. The number of esters is 1. The number of carbonyl (C=O) groups is 1. The molecule has 106 valence electrons. The summed E-state index contributed by atoms with van der Waals surface area (Å²) in [6.45, 7) is 3.64. The summed E-state index contributed by atoms with van der Waals surface area (Å²) in [5.74, 6) is -0.610. The van der Waals surface area contributed by atoms with Gasteiger partial charge in [0.2, 0.25) is 0 Å². The Bertz CT molecular complexity index is 606. The van der Waals surface area contributed by atoms with Gasteiger partial charge in [-0.25, -0.2) is 9.78 Å². The molecule has 0 aliphatic carbocycles. The Labute approximate surface area is 116 Å². The summed E-state index contributed by atoms with van der Waals surface area (Å²) in [7, 11) is 0. The summed E-state index contributed by atoms with van der Waals surface area (Å²) in [6, 6.07) is 4.47. The molecule has 0 bridgehead atoms. The predicted octanol–water partition coefficient (Wildman–Crippen LogP) is 1.94. The molecule has 0 radical (unpaired) electrons.